The van der Waals surface area contributed by atoms with Gasteiger partial charge < -0.3 is 34.3 Å². The number of rotatable bonds is 47. The summed E-state index contributed by atoms with van der Waals surface area (Å²) in [5.41, 5.74) is 0. The largest absolute Gasteiger partial charge is 0.457 e. The molecule has 0 bridgehead atoms. The van der Waals surface area contributed by atoms with E-state index in [0.29, 0.717) is 13.0 Å². The Kier molecular flexibility index (Phi) is 41.5. The van der Waals surface area contributed by atoms with Gasteiger partial charge in [-0.1, -0.05) is 212 Å². The van der Waals surface area contributed by atoms with Crippen LogP contribution in [0.15, 0.2) is 24.3 Å². The van der Waals surface area contributed by atoms with E-state index < -0.39 is 59.8 Å². The van der Waals surface area contributed by atoms with Gasteiger partial charge in [-0.3, -0.25) is 9.35 Å². The van der Waals surface area contributed by atoms with E-state index in [1.165, 1.54) is 167 Å². The fourth-order valence-electron chi connectivity index (χ4n) is 8.29. The van der Waals surface area contributed by atoms with E-state index in [1.807, 2.05) is 0 Å². The van der Waals surface area contributed by atoms with Crippen LogP contribution in [0.2, 0.25) is 0 Å². The number of allylic oxidation sites excluding steroid dienone is 4. The summed E-state index contributed by atoms with van der Waals surface area (Å²) < 4.78 is 59.2. The SMILES string of the molecule is CCCCCCC/C=C\C/C=C\CCCCCCCCCCCCCCCC(=O)OC(COCCCCCCCCCCCCCCC)COC1OC(CO)C(O)C(OS(=O)(=O)O)C1O. The van der Waals surface area contributed by atoms with Crippen LogP contribution in [0.25, 0.3) is 0 Å². The molecule has 1 aliphatic heterocycles. The third-order valence-corrected chi connectivity index (χ3v) is 12.8. The molecular weight excluding hydrogens is 849 g/mol. The Morgan fingerprint density at radius 1 is 0.585 bits per heavy atom. The van der Waals surface area contributed by atoms with Gasteiger partial charge in [0.15, 0.2) is 6.29 Å². The number of unbranched alkanes of at least 4 members (excludes halogenated alkanes) is 30. The highest BCUT2D eigenvalue weighted by Gasteiger charge is 2.48. The zero-order valence-electron chi connectivity index (χ0n) is 41.3. The third-order valence-electron chi connectivity index (χ3n) is 12.3. The molecular formula is C52H98O12S. The molecule has 0 aromatic carbocycles. The monoisotopic (exact) mass is 947 g/mol. The molecule has 0 aliphatic carbocycles. The van der Waals surface area contributed by atoms with Crippen LogP contribution in [0, 0.1) is 0 Å². The first-order valence-corrected chi connectivity index (χ1v) is 28.0. The number of ether oxygens (including phenoxy) is 4. The van der Waals surface area contributed by atoms with Gasteiger partial charge in [-0.05, 0) is 44.9 Å². The number of hydrogen-bond donors (Lipinski definition) is 4. The van der Waals surface area contributed by atoms with E-state index in [1.54, 1.807) is 0 Å². The van der Waals surface area contributed by atoms with Crippen molar-refractivity contribution in [3.63, 3.8) is 0 Å². The van der Waals surface area contributed by atoms with Gasteiger partial charge in [-0.15, -0.1) is 0 Å². The van der Waals surface area contributed by atoms with Gasteiger partial charge in [0.2, 0.25) is 0 Å². The molecule has 65 heavy (non-hydrogen) atoms. The molecule has 0 aromatic heterocycles. The summed E-state index contributed by atoms with van der Waals surface area (Å²) in [6, 6.07) is 0. The first-order valence-electron chi connectivity index (χ1n) is 26.6. The van der Waals surface area contributed by atoms with E-state index in [2.05, 4.69) is 42.3 Å². The normalized spacial score (nSPS) is 19.8. The molecule has 0 aromatic rings. The van der Waals surface area contributed by atoms with Crippen molar-refractivity contribution >= 4 is 16.4 Å². The highest BCUT2D eigenvalue weighted by atomic mass is 32.3. The molecule has 0 spiro atoms. The van der Waals surface area contributed by atoms with Crippen LogP contribution in [0.1, 0.15) is 239 Å². The Bertz CT molecular complexity index is 1230. The Morgan fingerprint density at radius 2 is 1.02 bits per heavy atom. The van der Waals surface area contributed by atoms with E-state index in [9.17, 15) is 33.1 Å². The molecule has 384 valence electrons. The van der Waals surface area contributed by atoms with E-state index in [-0.39, 0.29) is 19.6 Å². The second-order valence-corrected chi connectivity index (χ2v) is 19.5. The summed E-state index contributed by atoms with van der Waals surface area (Å²) in [7, 11) is -5.06. The molecule has 1 rings (SSSR count). The van der Waals surface area contributed by atoms with Crippen molar-refractivity contribution in [2.24, 2.45) is 0 Å². The minimum absolute atomic E-state index is 0.0407. The second-order valence-electron chi connectivity index (χ2n) is 18.5. The highest BCUT2D eigenvalue weighted by molar-refractivity contribution is 7.80. The molecule has 0 saturated carbocycles. The summed E-state index contributed by atoms with van der Waals surface area (Å²) in [5, 5.41) is 30.7. The number of aliphatic hydroxyl groups is 3. The van der Waals surface area contributed by atoms with E-state index in [4.69, 9.17) is 18.9 Å². The average Bonchev–Trinajstić information content (AvgIpc) is 3.28. The predicted octanol–water partition coefficient (Wildman–Crippen LogP) is 12.4. The predicted molar refractivity (Wildman–Crippen MR) is 262 cm³/mol. The van der Waals surface area contributed by atoms with Crippen molar-refractivity contribution in [1.82, 2.24) is 0 Å². The molecule has 1 saturated heterocycles. The van der Waals surface area contributed by atoms with Gasteiger partial charge in [0.25, 0.3) is 0 Å². The van der Waals surface area contributed by atoms with Crippen LogP contribution in [0.5, 0.6) is 0 Å². The van der Waals surface area contributed by atoms with Gasteiger partial charge in [0.1, 0.15) is 30.5 Å². The lowest BCUT2D eigenvalue weighted by molar-refractivity contribution is -0.301. The van der Waals surface area contributed by atoms with Crippen LogP contribution in [0.3, 0.4) is 0 Å². The van der Waals surface area contributed by atoms with Crippen molar-refractivity contribution in [1.29, 1.82) is 0 Å². The molecule has 6 unspecified atom stereocenters. The lowest BCUT2D eigenvalue weighted by atomic mass is 9.99. The van der Waals surface area contributed by atoms with Crippen LogP contribution >= 0.6 is 0 Å². The Morgan fingerprint density at radius 3 is 1.46 bits per heavy atom. The average molecular weight is 947 g/mol. The molecule has 13 heteroatoms. The molecule has 12 nitrogen and oxygen atoms in total. The molecule has 0 amide bonds. The fourth-order valence-corrected chi connectivity index (χ4v) is 8.80. The summed E-state index contributed by atoms with van der Waals surface area (Å²) in [5.74, 6) is -0.396. The summed E-state index contributed by atoms with van der Waals surface area (Å²) in [4.78, 5) is 12.9. The molecule has 1 fully saturated rings. The minimum atomic E-state index is -5.06. The third kappa shape index (κ3) is 37.2. The second kappa shape index (κ2) is 43.8. The van der Waals surface area contributed by atoms with Crippen LogP contribution in [0.4, 0.5) is 0 Å². The van der Waals surface area contributed by atoms with Gasteiger partial charge in [-0.25, -0.2) is 4.18 Å². The van der Waals surface area contributed by atoms with E-state index in [0.717, 1.165) is 44.9 Å². The van der Waals surface area contributed by atoms with Crippen LogP contribution in [-0.4, -0.2) is 97.5 Å². The first kappa shape index (κ1) is 61.6. The summed E-state index contributed by atoms with van der Waals surface area (Å²) >= 11 is 0. The van der Waals surface area contributed by atoms with Crippen molar-refractivity contribution in [3.8, 4) is 0 Å². The maximum Gasteiger partial charge on any atom is 0.397 e. The van der Waals surface area contributed by atoms with Gasteiger partial charge >= 0.3 is 16.4 Å². The van der Waals surface area contributed by atoms with Crippen molar-refractivity contribution < 1.29 is 56.2 Å². The number of aliphatic hydroxyl groups excluding tert-OH is 3. The van der Waals surface area contributed by atoms with Gasteiger partial charge in [0, 0.05) is 13.0 Å². The van der Waals surface area contributed by atoms with E-state index >= 15 is 0 Å². The lowest BCUT2D eigenvalue weighted by Gasteiger charge is -2.41. The van der Waals surface area contributed by atoms with Crippen molar-refractivity contribution in [3.05, 3.63) is 24.3 Å². The topological polar surface area (TPSA) is 178 Å². The maximum absolute atomic E-state index is 12.9. The maximum atomic E-state index is 12.9. The number of carbonyl (C=O) groups is 1. The fraction of sp³-hybridized carbons (Fsp3) is 0.904. The molecule has 6 atom stereocenters. The standard InChI is InChI=1S/C52H98O12S/c1-3-5-7-9-11-13-15-17-18-19-20-21-22-23-24-25-26-27-28-29-31-33-35-37-39-41-48(54)62-46(44-60-42-40-38-36-34-32-30-16-14-12-10-8-6-4-2)45-61-52-50(56)51(64-65(57,58)59)49(55)47(43-53)63-52/h15,17,19-20,46-47,49-53,55-56H,3-14,16,18,21-45H2,1-2H3,(H,57,58,59)/b17-15-,20-19-. The number of esters is 1. The van der Waals surface area contributed by atoms with Crippen molar-refractivity contribution in [2.75, 3.05) is 26.4 Å². The smallest absolute Gasteiger partial charge is 0.397 e. The Labute approximate surface area is 397 Å². The van der Waals surface area contributed by atoms with Gasteiger partial charge in [-0.2, -0.15) is 8.42 Å². The van der Waals surface area contributed by atoms with Crippen LogP contribution < -0.4 is 0 Å². The van der Waals surface area contributed by atoms with Crippen LogP contribution in [-0.2, 0) is 38.3 Å². The molecule has 4 N–H and O–H groups in total. The minimum Gasteiger partial charge on any atom is -0.457 e. The molecule has 1 heterocycles. The summed E-state index contributed by atoms with van der Waals surface area (Å²) in [6.45, 7) is 4.02. The molecule has 0 radical (unpaired) electrons. The van der Waals surface area contributed by atoms with Gasteiger partial charge in [0.05, 0.1) is 19.8 Å². The molecule has 1 aliphatic rings. The summed E-state index contributed by atoms with van der Waals surface area (Å²) in [6.07, 6.45) is 42.1. The Hall–Kier alpha value is -1.42. The lowest BCUT2D eigenvalue weighted by Crippen LogP contribution is -2.60. The van der Waals surface area contributed by atoms with Crippen molar-refractivity contribution in [2.45, 2.75) is 275 Å². The first-order chi connectivity index (χ1) is 31.6. The zero-order valence-corrected chi connectivity index (χ0v) is 42.1. The number of carbonyl (C=O) groups excluding carboxylic acids is 1. The zero-order chi connectivity index (χ0) is 47.5. The number of hydrogen-bond acceptors (Lipinski definition) is 11. The Balaban J connectivity index is 2.29. The quantitative estimate of drug-likeness (QED) is 0.0197. The highest BCUT2D eigenvalue weighted by Crippen LogP contribution is 2.26.